The van der Waals surface area contributed by atoms with Gasteiger partial charge < -0.3 is 0 Å². The van der Waals surface area contributed by atoms with Crippen molar-refractivity contribution >= 4 is 5.78 Å². The number of likely N-dealkylation sites (N-methyl/N-ethyl adjacent to an activating group) is 1. The highest BCUT2D eigenvalue weighted by Gasteiger charge is 2.09. The number of rotatable bonds is 5. The second-order valence-corrected chi connectivity index (χ2v) is 5.45. The van der Waals surface area contributed by atoms with E-state index in [1.807, 2.05) is 38.2 Å². The molecule has 0 spiro atoms. The molecule has 0 aliphatic rings. The molecule has 2 rings (SSSR count). The van der Waals surface area contributed by atoms with E-state index in [0.29, 0.717) is 6.54 Å². The molecule has 0 amide bonds. The second kappa shape index (κ2) is 6.49. The Kier molecular flexibility index (Phi) is 4.70. The Bertz CT molecular complexity index is 587. The maximum atomic E-state index is 12.2. The molecular formula is C18H21NO. The minimum Gasteiger partial charge on any atom is -0.295 e. The van der Waals surface area contributed by atoms with Crippen LogP contribution in [0.3, 0.4) is 0 Å². The van der Waals surface area contributed by atoms with Crippen LogP contribution in [0.2, 0.25) is 0 Å². The highest BCUT2D eigenvalue weighted by Crippen LogP contribution is 2.09. The van der Waals surface area contributed by atoms with Gasteiger partial charge in [0.05, 0.1) is 6.54 Å². The summed E-state index contributed by atoms with van der Waals surface area (Å²) in [5, 5.41) is 0. The van der Waals surface area contributed by atoms with Crippen LogP contribution in [0.1, 0.15) is 27.0 Å². The van der Waals surface area contributed by atoms with Crippen molar-refractivity contribution in [1.82, 2.24) is 4.90 Å². The first-order valence-corrected chi connectivity index (χ1v) is 6.88. The third-order valence-corrected chi connectivity index (χ3v) is 3.32. The second-order valence-electron chi connectivity index (χ2n) is 5.45. The van der Waals surface area contributed by atoms with Crippen molar-refractivity contribution in [2.75, 3.05) is 13.6 Å². The lowest BCUT2D eigenvalue weighted by molar-refractivity contribution is 0.0943. The van der Waals surface area contributed by atoms with E-state index < -0.39 is 0 Å². The smallest absolute Gasteiger partial charge is 0.176 e. The van der Waals surface area contributed by atoms with Crippen LogP contribution in [-0.2, 0) is 6.54 Å². The average Bonchev–Trinajstić information content (AvgIpc) is 2.39. The SMILES string of the molecule is Cc1ccc(C(=O)CN(C)Cc2cccc(C)c2)cc1. The molecule has 2 heteroatoms. The molecule has 0 aliphatic heterocycles. The standard InChI is InChI=1S/C18H21NO/c1-14-7-9-17(10-8-14)18(20)13-19(3)12-16-6-4-5-15(2)11-16/h4-11H,12-13H2,1-3H3. The number of carbonyl (C=O) groups excluding carboxylic acids is 1. The van der Waals surface area contributed by atoms with E-state index >= 15 is 0 Å². The fraction of sp³-hybridized carbons (Fsp3) is 0.278. The summed E-state index contributed by atoms with van der Waals surface area (Å²) < 4.78 is 0. The van der Waals surface area contributed by atoms with E-state index in [2.05, 4.69) is 36.1 Å². The molecule has 0 aromatic heterocycles. The lowest BCUT2D eigenvalue weighted by Crippen LogP contribution is -2.25. The summed E-state index contributed by atoms with van der Waals surface area (Å²) in [4.78, 5) is 14.2. The first-order valence-electron chi connectivity index (χ1n) is 6.88. The number of hydrogen-bond donors (Lipinski definition) is 0. The zero-order chi connectivity index (χ0) is 14.5. The number of hydrogen-bond acceptors (Lipinski definition) is 2. The number of nitrogens with zero attached hydrogens (tertiary/aromatic N) is 1. The molecule has 2 aromatic carbocycles. The van der Waals surface area contributed by atoms with E-state index in [4.69, 9.17) is 0 Å². The lowest BCUT2D eigenvalue weighted by atomic mass is 10.1. The zero-order valence-corrected chi connectivity index (χ0v) is 12.4. The van der Waals surface area contributed by atoms with Crippen LogP contribution < -0.4 is 0 Å². The van der Waals surface area contributed by atoms with Gasteiger partial charge in [-0.1, -0.05) is 59.7 Å². The Balaban J connectivity index is 1.95. The fourth-order valence-corrected chi connectivity index (χ4v) is 2.25. The van der Waals surface area contributed by atoms with Crippen LogP contribution in [0.5, 0.6) is 0 Å². The fourth-order valence-electron chi connectivity index (χ4n) is 2.25. The van der Waals surface area contributed by atoms with E-state index in [-0.39, 0.29) is 5.78 Å². The monoisotopic (exact) mass is 267 g/mol. The first kappa shape index (κ1) is 14.5. The summed E-state index contributed by atoms with van der Waals surface area (Å²) in [6, 6.07) is 16.2. The van der Waals surface area contributed by atoms with Gasteiger partial charge in [-0.05, 0) is 26.5 Å². The van der Waals surface area contributed by atoms with Gasteiger partial charge in [0.1, 0.15) is 0 Å². The zero-order valence-electron chi connectivity index (χ0n) is 12.4. The van der Waals surface area contributed by atoms with Crippen molar-refractivity contribution in [2.45, 2.75) is 20.4 Å². The van der Waals surface area contributed by atoms with Gasteiger partial charge in [0.2, 0.25) is 0 Å². The van der Waals surface area contributed by atoms with Gasteiger partial charge in [0.25, 0.3) is 0 Å². The van der Waals surface area contributed by atoms with Gasteiger partial charge in [0.15, 0.2) is 5.78 Å². The van der Waals surface area contributed by atoms with Crippen molar-refractivity contribution in [3.63, 3.8) is 0 Å². The summed E-state index contributed by atoms with van der Waals surface area (Å²) in [5.74, 6) is 0.167. The molecule has 0 unspecified atom stereocenters. The summed E-state index contributed by atoms with van der Waals surface area (Å²) in [5.41, 5.74) is 4.45. The molecule has 0 aliphatic carbocycles. The highest BCUT2D eigenvalue weighted by molar-refractivity contribution is 5.97. The highest BCUT2D eigenvalue weighted by atomic mass is 16.1. The average molecular weight is 267 g/mol. The van der Waals surface area contributed by atoms with Gasteiger partial charge in [-0.25, -0.2) is 0 Å². The van der Waals surface area contributed by atoms with Gasteiger partial charge in [-0.3, -0.25) is 9.69 Å². The Morgan fingerprint density at radius 2 is 1.70 bits per heavy atom. The number of ketones is 1. The van der Waals surface area contributed by atoms with E-state index in [0.717, 1.165) is 12.1 Å². The molecule has 0 atom stereocenters. The maximum Gasteiger partial charge on any atom is 0.176 e. The molecule has 0 N–H and O–H groups in total. The van der Waals surface area contributed by atoms with Crippen molar-refractivity contribution < 1.29 is 4.79 Å². The molecule has 20 heavy (non-hydrogen) atoms. The Labute approximate surface area is 121 Å². The van der Waals surface area contributed by atoms with E-state index in [1.165, 1.54) is 16.7 Å². The van der Waals surface area contributed by atoms with E-state index in [1.54, 1.807) is 0 Å². The third kappa shape index (κ3) is 4.04. The molecule has 2 nitrogen and oxygen atoms in total. The molecule has 0 saturated heterocycles. The minimum absolute atomic E-state index is 0.167. The van der Waals surface area contributed by atoms with Crippen LogP contribution in [0.4, 0.5) is 0 Å². The number of carbonyl (C=O) groups is 1. The summed E-state index contributed by atoms with van der Waals surface area (Å²) in [7, 11) is 1.98. The normalized spacial score (nSPS) is 10.8. The van der Waals surface area contributed by atoms with Crippen LogP contribution in [0, 0.1) is 13.8 Å². The minimum atomic E-state index is 0.167. The van der Waals surface area contributed by atoms with Crippen molar-refractivity contribution in [1.29, 1.82) is 0 Å². The van der Waals surface area contributed by atoms with Crippen molar-refractivity contribution in [3.8, 4) is 0 Å². The van der Waals surface area contributed by atoms with Crippen molar-refractivity contribution in [3.05, 3.63) is 70.8 Å². The topological polar surface area (TPSA) is 20.3 Å². The van der Waals surface area contributed by atoms with E-state index in [9.17, 15) is 4.79 Å². The molecule has 0 heterocycles. The first-order chi connectivity index (χ1) is 9.54. The largest absolute Gasteiger partial charge is 0.295 e. The predicted octanol–water partition coefficient (Wildman–Crippen LogP) is 3.62. The maximum absolute atomic E-state index is 12.2. The Hall–Kier alpha value is -1.93. The lowest BCUT2D eigenvalue weighted by Gasteiger charge is -2.16. The Morgan fingerprint density at radius 1 is 1.00 bits per heavy atom. The summed E-state index contributed by atoms with van der Waals surface area (Å²) >= 11 is 0. The summed E-state index contributed by atoms with van der Waals surface area (Å²) in [6.45, 7) is 5.34. The molecule has 2 aromatic rings. The van der Waals surface area contributed by atoms with Crippen LogP contribution in [0.15, 0.2) is 48.5 Å². The third-order valence-electron chi connectivity index (χ3n) is 3.32. The van der Waals surface area contributed by atoms with Crippen LogP contribution >= 0.6 is 0 Å². The predicted molar refractivity (Wildman–Crippen MR) is 83.0 cm³/mol. The molecular weight excluding hydrogens is 246 g/mol. The summed E-state index contributed by atoms with van der Waals surface area (Å²) in [6.07, 6.45) is 0. The van der Waals surface area contributed by atoms with Gasteiger partial charge in [0, 0.05) is 12.1 Å². The number of benzene rings is 2. The molecule has 0 bridgehead atoms. The quantitative estimate of drug-likeness (QED) is 0.771. The van der Waals surface area contributed by atoms with Crippen molar-refractivity contribution in [2.24, 2.45) is 0 Å². The molecule has 0 radical (unpaired) electrons. The molecule has 0 saturated carbocycles. The van der Waals surface area contributed by atoms with Crippen LogP contribution in [-0.4, -0.2) is 24.3 Å². The molecule has 0 fully saturated rings. The van der Waals surface area contributed by atoms with Crippen LogP contribution in [0.25, 0.3) is 0 Å². The van der Waals surface area contributed by atoms with Gasteiger partial charge in [-0.15, -0.1) is 0 Å². The number of aryl methyl sites for hydroxylation is 2. The van der Waals surface area contributed by atoms with Gasteiger partial charge >= 0.3 is 0 Å². The Morgan fingerprint density at radius 3 is 2.35 bits per heavy atom. The molecule has 104 valence electrons. The van der Waals surface area contributed by atoms with Gasteiger partial charge in [-0.2, -0.15) is 0 Å². The number of Topliss-reactive ketones (excluding diaryl/α,β-unsaturated/α-hetero) is 1.